The van der Waals surface area contributed by atoms with Gasteiger partial charge in [0.05, 0.1) is 36.1 Å². The molecule has 33 heavy (non-hydrogen) atoms. The van der Waals surface area contributed by atoms with E-state index in [1.807, 2.05) is 0 Å². The molecule has 0 aromatic carbocycles. The van der Waals surface area contributed by atoms with Crippen LogP contribution in [0.2, 0.25) is 0 Å². The van der Waals surface area contributed by atoms with E-state index < -0.39 is 0 Å². The van der Waals surface area contributed by atoms with Crippen LogP contribution >= 0.6 is 0 Å². The van der Waals surface area contributed by atoms with Gasteiger partial charge in [-0.1, -0.05) is 48.5 Å². The van der Waals surface area contributed by atoms with Crippen LogP contribution in [0.3, 0.4) is 0 Å². The molecule has 4 nitrogen and oxygen atoms in total. The summed E-state index contributed by atoms with van der Waals surface area (Å²) in [6, 6.07) is 0. The molecule has 0 heterocycles. The predicted octanol–water partition coefficient (Wildman–Crippen LogP) is 8.21. The molecule has 0 amide bonds. The van der Waals surface area contributed by atoms with E-state index >= 15 is 0 Å². The molecule has 0 saturated carbocycles. The molecule has 3 atom stereocenters. The molecule has 0 aromatic heterocycles. The Morgan fingerprint density at radius 1 is 0.667 bits per heavy atom. The molecule has 0 aromatic rings. The summed E-state index contributed by atoms with van der Waals surface area (Å²) in [4.78, 5) is 0. The molecular weight excluding hydrogens is 412 g/mol. The van der Waals surface area contributed by atoms with Gasteiger partial charge in [0.25, 0.3) is 0 Å². The van der Waals surface area contributed by atoms with Gasteiger partial charge in [-0.2, -0.15) is 0 Å². The third-order valence-corrected chi connectivity index (χ3v) is 8.93. The average Bonchev–Trinajstić information content (AvgIpc) is 2.76. The van der Waals surface area contributed by atoms with E-state index in [4.69, 9.17) is 18.9 Å². The Bertz CT molecular complexity index is 520. The molecule has 200 valence electrons. The Morgan fingerprint density at radius 2 is 1.18 bits per heavy atom. The Balaban J connectivity index is 4.77. The zero-order valence-electron chi connectivity index (χ0n) is 24.8. The van der Waals surface area contributed by atoms with Crippen LogP contribution in [-0.2, 0) is 18.9 Å². The lowest BCUT2D eigenvalue weighted by atomic mass is 9.64. The van der Waals surface area contributed by atoms with Crippen LogP contribution in [0.4, 0.5) is 0 Å². The Morgan fingerprint density at radius 3 is 1.64 bits per heavy atom. The third kappa shape index (κ3) is 11.0. The van der Waals surface area contributed by atoms with Gasteiger partial charge in [-0.3, -0.25) is 0 Å². The van der Waals surface area contributed by atoms with Crippen LogP contribution in [0.15, 0.2) is 0 Å². The number of rotatable bonds is 19. The standard InChI is InChI=1S/C29H60O4/c1-14-27(10,23-31-24(5)22-29(12,17-4)30-13)25(6,7)18-20-32-26(8,9)19-21-33-28(11,15-2)16-3/h24H,14-23H2,1-13H3. The maximum atomic E-state index is 6.40. The Labute approximate surface area is 207 Å². The van der Waals surface area contributed by atoms with Crippen molar-refractivity contribution in [2.45, 2.75) is 151 Å². The highest BCUT2D eigenvalue weighted by atomic mass is 16.5. The van der Waals surface area contributed by atoms with Gasteiger partial charge in [0.1, 0.15) is 0 Å². The van der Waals surface area contributed by atoms with Crippen LogP contribution in [-0.4, -0.2) is 49.8 Å². The van der Waals surface area contributed by atoms with Crippen molar-refractivity contribution in [1.29, 1.82) is 0 Å². The highest BCUT2D eigenvalue weighted by Crippen LogP contribution is 2.45. The first-order valence-corrected chi connectivity index (χ1v) is 13.5. The summed E-state index contributed by atoms with van der Waals surface area (Å²) in [5.74, 6) is 0. The summed E-state index contributed by atoms with van der Waals surface area (Å²) < 4.78 is 24.7. The minimum absolute atomic E-state index is 0.0179. The van der Waals surface area contributed by atoms with Crippen molar-refractivity contribution in [1.82, 2.24) is 0 Å². The molecule has 0 N–H and O–H groups in total. The van der Waals surface area contributed by atoms with Crippen molar-refractivity contribution in [3.63, 3.8) is 0 Å². The fraction of sp³-hybridized carbons (Fsp3) is 1.00. The Hall–Kier alpha value is -0.160. The third-order valence-electron chi connectivity index (χ3n) is 8.93. The van der Waals surface area contributed by atoms with Crippen LogP contribution < -0.4 is 0 Å². The fourth-order valence-corrected chi connectivity index (χ4v) is 4.09. The zero-order chi connectivity index (χ0) is 26.0. The molecule has 0 radical (unpaired) electrons. The van der Waals surface area contributed by atoms with Crippen molar-refractivity contribution in [3.05, 3.63) is 0 Å². The molecule has 0 bridgehead atoms. The second-order valence-corrected chi connectivity index (χ2v) is 12.2. The normalized spacial score (nSPS) is 18.1. The first-order chi connectivity index (χ1) is 15.1. The maximum absolute atomic E-state index is 6.40. The molecule has 0 fully saturated rings. The van der Waals surface area contributed by atoms with Gasteiger partial charge in [-0.25, -0.2) is 0 Å². The molecule has 4 heteroatoms. The summed E-state index contributed by atoms with van der Waals surface area (Å²) in [5.41, 5.74) is -0.136. The van der Waals surface area contributed by atoms with Gasteiger partial charge in [0.2, 0.25) is 0 Å². The Kier molecular flexibility index (Phi) is 13.7. The maximum Gasteiger partial charge on any atom is 0.0672 e. The molecule has 0 saturated heterocycles. The van der Waals surface area contributed by atoms with Gasteiger partial charge in [0.15, 0.2) is 0 Å². The van der Waals surface area contributed by atoms with E-state index in [1.165, 1.54) is 0 Å². The number of hydrogen-bond acceptors (Lipinski definition) is 4. The summed E-state index contributed by atoms with van der Waals surface area (Å²) in [7, 11) is 1.80. The fourth-order valence-electron chi connectivity index (χ4n) is 4.09. The monoisotopic (exact) mass is 472 g/mol. The second kappa shape index (κ2) is 13.8. The van der Waals surface area contributed by atoms with Crippen molar-refractivity contribution < 1.29 is 18.9 Å². The smallest absolute Gasteiger partial charge is 0.0672 e. The van der Waals surface area contributed by atoms with E-state index in [9.17, 15) is 0 Å². The first kappa shape index (κ1) is 32.8. The lowest BCUT2D eigenvalue weighted by Crippen LogP contribution is -2.42. The van der Waals surface area contributed by atoms with E-state index in [0.717, 1.165) is 64.8 Å². The van der Waals surface area contributed by atoms with Gasteiger partial charge in [-0.05, 0) is 84.0 Å². The summed E-state index contributed by atoms with van der Waals surface area (Å²) in [5, 5.41) is 0. The van der Waals surface area contributed by atoms with E-state index in [2.05, 4.69) is 83.1 Å². The second-order valence-electron chi connectivity index (χ2n) is 12.2. The summed E-state index contributed by atoms with van der Waals surface area (Å²) in [6.45, 7) is 29.1. The SMILES string of the molecule is CCC(C)(CC(C)OCC(C)(CC)C(C)(C)CCOC(C)(C)CCOC(C)(CC)CC)OC. The van der Waals surface area contributed by atoms with Crippen LogP contribution in [0.5, 0.6) is 0 Å². The molecule has 3 unspecified atom stereocenters. The number of methoxy groups -OCH3 is 1. The van der Waals surface area contributed by atoms with Crippen LogP contribution in [0.1, 0.15) is 128 Å². The lowest BCUT2D eigenvalue weighted by molar-refractivity contribution is -0.106. The molecule has 0 aliphatic heterocycles. The average molecular weight is 473 g/mol. The topological polar surface area (TPSA) is 36.9 Å². The molecule has 0 aliphatic carbocycles. The van der Waals surface area contributed by atoms with E-state index in [0.29, 0.717) is 0 Å². The van der Waals surface area contributed by atoms with Gasteiger partial charge in [0, 0.05) is 20.1 Å². The predicted molar refractivity (Wildman–Crippen MR) is 142 cm³/mol. The van der Waals surface area contributed by atoms with Crippen LogP contribution in [0, 0.1) is 10.8 Å². The summed E-state index contributed by atoms with van der Waals surface area (Å²) >= 11 is 0. The lowest BCUT2D eigenvalue weighted by Gasteiger charge is -2.45. The van der Waals surface area contributed by atoms with Crippen molar-refractivity contribution >= 4 is 0 Å². The number of hydrogen-bond donors (Lipinski definition) is 0. The van der Waals surface area contributed by atoms with Crippen LogP contribution in [0.25, 0.3) is 0 Å². The van der Waals surface area contributed by atoms with Gasteiger partial charge < -0.3 is 18.9 Å². The van der Waals surface area contributed by atoms with Gasteiger partial charge in [-0.15, -0.1) is 0 Å². The highest BCUT2D eigenvalue weighted by Gasteiger charge is 2.40. The van der Waals surface area contributed by atoms with Crippen molar-refractivity contribution in [2.75, 3.05) is 26.9 Å². The first-order valence-electron chi connectivity index (χ1n) is 13.5. The van der Waals surface area contributed by atoms with Gasteiger partial charge >= 0.3 is 0 Å². The highest BCUT2D eigenvalue weighted by molar-refractivity contribution is 4.89. The molecule has 0 rings (SSSR count). The van der Waals surface area contributed by atoms with E-state index in [-0.39, 0.29) is 33.7 Å². The van der Waals surface area contributed by atoms with E-state index in [1.54, 1.807) is 7.11 Å². The van der Waals surface area contributed by atoms with Crippen molar-refractivity contribution in [2.24, 2.45) is 10.8 Å². The molecular formula is C29H60O4. The zero-order valence-corrected chi connectivity index (χ0v) is 24.8. The van der Waals surface area contributed by atoms with Crippen molar-refractivity contribution in [3.8, 4) is 0 Å². The molecule has 0 spiro atoms. The minimum atomic E-state index is -0.184. The largest absolute Gasteiger partial charge is 0.378 e. The quantitative estimate of drug-likeness (QED) is 0.190. The minimum Gasteiger partial charge on any atom is -0.378 e. The summed E-state index contributed by atoms with van der Waals surface area (Å²) in [6.07, 6.45) is 7.14. The number of ether oxygens (including phenoxy) is 4. The molecule has 0 aliphatic rings.